The Morgan fingerprint density at radius 3 is 2.45 bits per heavy atom. The lowest BCUT2D eigenvalue weighted by Gasteiger charge is -2.15. The van der Waals surface area contributed by atoms with E-state index in [2.05, 4.69) is 25.2 Å². The molecule has 0 saturated heterocycles. The molecule has 0 aliphatic carbocycles. The molecule has 0 unspecified atom stereocenters. The topological polar surface area (TPSA) is 42.9 Å². The minimum absolute atomic E-state index is 0.542. The average molecular weight is 276 g/mol. The highest BCUT2D eigenvalue weighted by Crippen LogP contribution is 2.26. The molecule has 0 aromatic carbocycles. The molecule has 2 aromatic heterocycles. The van der Waals surface area contributed by atoms with Crippen LogP contribution >= 0.6 is 0 Å². The first-order valence-electron chi connectivity index (χ1n) is 7.63. The Hall–Kier alpha value is -1.48. The van der Waals surface area contributed by atoms with Gasteiger partial charge in [-0.25, -0.2) is 0 Å². The van der Waals surface area contributed by atoms with E-state index in [9.17, 15) is 0 Å². The first kappa shape index (κ1) is 14.9. The summed E-state index contributed by atoms with van der Waals surface area (Å²) >= 11 is 0. The van der Waals surface area contributed by atoms with Gasteiger partial charge in [0.25, 0.3) is 0 Å². The Morgan fingerprint density at radius 2 is 1.80 bits per heavy atom. The van der Waals surface area contributed by atoms with Gasteiger partial charge in [-0.2, -0.15) is 0 Å². The molecule has 0 saturated carbocycles. The van der Waals surface area contributed by atoms with E-state index < -0.39 is 0 Å². The SMILES string of the molecule is CC(C)CC[C@@H](CC[NH2+]Cc1ccco1)c1ccco1. The normalized spacial score (nSPS) is 12.9. The molecule has 0 bridgehead atoms. The fourth-order valence-corrected chi connectivity index (χ4v) is 2.48. The number of hydrogen-bond donors (Lipinski definition) is 1. The summed E-state index contributed by atoms with van der Waals surface area (Å²) in [7, 11) is 0. The van der Waals surface area contributed by atoms with Crippen molar-refractivity contribution in [2.45, 2.75) is 45.6 Å². The largest absolute Gasteiger partial charge is 0.469 e. The second-order valence-electron chi connectivity index (χ2n) is 5.83. The van der Waals surface area contributed by atoms with Crippen molar-refractivity contribution in [2.75, 3.05) is 6.54 Å². The van der Waals surface area contributed by atoms with E-state index in [-0.39, 0.29) is 0 Å². The molecule has 2 aromatic rings. The molecule has 0 fully saturated rings. The number of furan rings is 2. The maximum Gasteiger partial charge on any atom is 0.157 e. The molecule has 1 atom stereocenters. The Morgan fingerprint density at radius 1 is 1.00 bits per heavy atom. The fourth-order valence-electron chi connectivity index (χ4n) is 2.48. The molecular formula is C17H26NO2+. The van der Waals surface area contributed by atoms with E-state index in [0.29, 0.717) is 5.92 Å². The van der Waals surface area contributed by atoms with Crippen LogP contribution in [0.5, 0.6) is 0 Å². The average Bonchev–Trinajstić information content (AvgIpc) is 3.10. The highest BCUT2D eigenvalue weighted by Gasteiger charge is 2.15. The highest BCUT2D eigenvalue weighted by molar-refractivity contribution is 5.05. The molecule has 3 nitrogen and oxygen atoms in total. The van der Waals surface area contributed by atoms with Gasteiger partial charge >= 0.3 is 0 Å². The molecule has 0 aliphatic heterocycles. The first-order chi connectivity index (χ1) is 9.75. The van der Waals surface area contributed by atoms with Gasteiger partial charge in [-0.05, 0) is 36.6 Å². The quantitative estimate of drug-likeness (QED) is 0.712. The Bertz CT molecular complexity index is 445. The van der Waals surface area contributed by atoms with E-state index >= 15 is 0 Å². The van der Waals surface area contributed by atoms with Crippen LogP contribution in [0.4, 0.5) is 0 Å². The molecule has 3 heteroatoms. The zero-order valence-corrected chi connectivity index (χ0v) is 12.5. The van der Waals surface area contributed by atoms with Crippen molar-refractivity contribution < 1.29 is 14.2 Å². The van der Waals surface area contributed by atoms with Crippen molar-refractivity contribution >= 4 is 0 Å². The van der Waals surface area contributed by atoms with Crippen molar-refractivity contribution in [2.24, 2.45) is 5.92 Å². The predicted octanol–water partition coefficient (Wildman–Crippen LogP) is 3.55. The van der Waals surface area contributed by atoms with Crippen molar-refractivity contribution in [3.05, 3.63) is 48.3 Å². The maximum absolute atomic E-state index is 5.60. The summed E-state index contributed by atoms with van der Waals surface area (Å²) in [4.78, 5) is 0. The van der Waals surface area contributed by atoms with Crippen LogP contribution in [0.2, 0.25) is 0 Å². The molecule has 110 valence electrons. The van der Waals surface area contributed by atoms with Crippen LogP contribution in [0.1, 0.15) is 50.5 Å². The van der Waals surface area contributed by atoms with Crippen LogP contribution in [0.3, 0.4) is 0 Å². The van der Waals surface area contributed by atoms with Gasteiger partial charge in [-0.1, -0.05) is 20.3 Å². The van der Waals surface area contributed by atoms with Gasteiger partial charge in [0.1, 0.15) is 12.3 Å². The summed E-state index contributed by atoms with van der Waals surface area (Å²) in [5.74, 6) is 3.47. The molecule has 0 amide bonds. The van der Waals surface area contributed by atoms with Gasteiger partial charge in [0.05, 0.1) is 19.1 Å². The highest BCUT2D eigenvalue weighted by atomic mass is 16.3. The lowest BCUT2D eigenvalue weighted by molar-refractivity contribution is -0.672. The summed E-state index contributed by atoms with van der Waals surface area (Å²) in [5, 5.41) is 2.31. The summed E-state index contributed by atoms with van der Waals surface area (Å²) in [6.07, 6.45) is 7.13. The minimum atomic E-state index is 0.542. The minimum Gasteiger partial charge on any atom is -0.469 e. The second kappa shape index (κ2) is 7.95. The summed E-state index contributed by atoms with van der Waals surface area (Å²) in [6.45, 7) is 6.58. The molecule has 0 spiro atoms. The molecule has 2 heterocycles. The summed E-state index contributed by atoms with van der Waals surface area (Å²) in [6, 6.07) is 8.07. The standard InChI is InChI=1S/C17H25NO2/c1-14(2)7-8-15(17-6-4-12-20-17)9-10-18-13-16-5-3-11-19-16/h3-6,11-12,14-15,18H,7-10,13H2,1-2H3/p+1/t15-/m0/s1. The third kappa shape index (κ3) is 4.89. The van der Waals surface area contributed by atoms with Crippen LogP contribution in [-0.4, -0.2) is 6.54 Å². The summed E-state index contributed by atoms with van der Waals surface area (Å²) < 4.78 is 10.9. The molecule has 2 N–H and O–H groups in total. The Kier molecular flexibility index (Phi) is 5.93. The second-order valence-corrected chi connectivity index (χ2v) is 5.83. The molecule has 0 radical (unpaired) electrons. The van der Waals surface area contributed by atoms with Crippen molar-refractivity contribution in [1.82, 2.24) is 0 Å². The lowest BCUT2D eigenvalue weighted by atomic mass is 9.93. The number of quaternary nitrogens is 1. The van der Waals surface area contributed by atoms with Gasteiger partial charge in [0.15, 0.2) is 5.76 Å². The smallest absolute Gasteiger partial charge is 0.157 e. The monoisotopic (exact) mass is 276 g/mol. The lowest BCUT2D eigenvalue weighted by Crippen LogP contribution is -2.82. The zero-order valence-electron chi connectivity index (χ0n) is 12.5. The predicted molar refractivity (Wildman–Crippen MR) is 79.3 cm³/mol. The Balaban J connectivity index is 1.75. The van der Waals surface area contributed by atoms with Gasteiger partial charge in [0, 0.05) is 12.3 Å². The van der Waals surface area contributed by atoms with Crippen LogP contribution in [0.15, 0.2) is 45.6 Å². The maximum atomic E-state index is 5.60. The van der Waals surface area contributed by atoms with E-state index in [1.807, 2.05) is 18.2 Å². The number of hydrogen-bond acceptors (Lipinski definition) is 2. The van der Waals surface area contributed by atoms with Crippen LogP contribution in [-0.2, 0) is 6.54 Å². The van der Waals surface area contributed by atoms with Crippen LogP contribution in [0, 0.1) is 5.92 Å². The van der Waals surface area contributed by atoms with Crippen molar-refractivity contribution in [3.63, 3.8) is 0 Å². The zero-order chi connectivity index (χ0) is 14.2. The van der Waals surface area contributed by atoms with Gasteiger partial charge in [-0.15, -0.1) is 0 Å². The van der Waals surface area contributed by atoms with Crippen molar-refractivity contribution in [3.8, 4) is 0 Å². The Labute approximate surface area is 121 Å². The van der Waals surface area contributed by atoms with Crippen molar-refractivity contribution in [1.29, 1.82) is 0 Å². The van der Waals surface area contributed by atoms with Crippen LogP contribution < -0.4 is 5.32 Å². The van der Waals surface area contributed by atoms with Gasteiger partial charge < -0.3 is 14.2 Å². The van der Waals surface area contributed by atoms with E-state index in [4.69, 9.17) is 8.83 Å². The fraction of sp³-hybridized carbons (Fsp3) is 0.529. The van der Waals surface area contributed by atoms with Gasteiger partial charge in [0.2, 0.25) is 0 Å². The van der Waals surface area contributed by atoms with Crippen LogP contribution in [0.25, 0.3) is 0 Å². The third-order valence-corrected chi connectivity index (χ3v) is 3.68. The molecular weight excluding hydrogens is 250 g/mol. The van der Waals surface area contributed by atoms with E-state index in [1.165, 1.54) is 12.8 Å². The number of rotatable bonds is 9. The first-order valence-corrected chi connectivity index (χ1v) is 7.63. The molecule has 0 aliphatic rings. The van der Waals surface area contributed by atoms with E-state index in [1.54, 1.807) is 12.5 Å². The van der Waals surface area contributed by atoms with E-state index in [0.717, 1.165) is 36.9 Å². The molecule has 2 rings (SSSR count). The number of nitrogens with two attached hydrogens (primary N) is 1. The van der Waals surface area contributed by atoms with Gasteiger partial charge in [-0.3, -0.25) is 0 Å². The summed E-state index contributed by atoms with van der Waals surface area (Å²) in [5.41, 5.74) is 0. The third-order valence-electron chi connectivity index (χ3n) is 3.68. The molecule has 20 heavy (non-hydrogen) atoms.